The number of benzene rings is 1. The smallest absolute Gasteiger partial charge is 0.405 e. The van der Waals surface area contributed by atoms with E-state index in [0.717, 1.165) is 0 Å². The van der Waals surface area contributed by atoms with E-state index in [-0.39, 0.29) is 12.5 Å². The van der Waals surface area contributed by atoms with Crippen molar-refractivity contribution in [1.82, 2.24) is 10.2 Å². The number of carboxylic acid groups (broad SMARTS) is 1. The van der Waals surface area contributed by atoms with Crippen LogP contribution in [0.15, 0.2) is 30.3 Å². The van der Waals surface area contributed by atoms with Crippen LogP contribution in [0.4, 0.5) is 4.79 Å². The van der Waals surface area contributed by atoms with E-state index in [1.165, 1.54) is 4.90 Å². The second-order valence-corrected chi connectivity index (χ2v) is 4.52. The van der Waals surface area contributed by atoms with Crippen molar-refractivity contribution in [2.75, 3.05) is 13.1 Å². The number of aliphatic hydroxyl groups excluding tert-OH is 1. The van der Waals surface area contributed by atoms with Crippen LogP contribution < -0.4 is 5.32 Å². The normalized spacial score (nSPS) is 20.1. The van der Waals surface area contributed by atoms with Crippen LogP contribution in [0.3, 0.4) is 0 Å². The summed E-state index contributed by atoms with van der Waals surface area (Å²) in [5.74, 6) is -0.329. The van der Waals surface area contributed by atoms with Gasteiger partial charge in [-0.2, -0.15) is 0 Å². The lowest BCUT2D eigenvalue weighted by Crippen LogP contribution is -2.41. The van der Waals surface area contributed by atoms with Gasteiger partial charge in [0, 0.05) is 13.1 Å². The Morgan fingerprint density at radius 3 is 2.53 bits per heavy atom. The number of nitrogens with one attached hydrogen (secondary N) is 1. The molecular weight excluding hydrogens is 248 g/mol. The highest BCUT2D eigenvalue weighted by Crippen LogP contribution is 2.19. The fourth-order valence-electron chi connectivity index (χ4n) is 2.18. The van der Waals surface area contributed by atoms with Crippen LogP contribution in [0.5, 0.6) is 0 Å². The van der Waals surface area contributed by atoms with Crippen molar-refractivity contribution < 1.29 is 19.8 Å². The van der Waals surface area contributed by atoms with E-state index in [2.05, 4.69) is 5.32 Å². The van der Waals surface area contributed by atoms with Gasteiger partial charge in [0.1, 0.15) is 6.04 Å². The van der Waals surface area contributed by atoms with Gasteiger partial charge in [-0.15, -0.1) is 0 Å². The summed E-state index contributed by atoms with van der Waals surface area (Å²) in [6.07, 6.45) is -1.24. The summed E-state index contributed by atoms with van der Waals surface area (Å²) in [5.41, 5.74) is 0.594. The Hall–Kier alpha value is -2.08. The van der Waals surface area contributed by atoms with Crippen LogP contribution in [0.1, 0.15) is 18.0 Å². The molecule has 1 aliphatic rings. The molecule has 0 unspecified atom stereocenters. The molecular formula is C13H16N2O4. The monoisotopic (exact) mass is 264 g/mol. The Bertz CT molecular complexity index is 463. The van der Waals surface area contributed by atoms with Gasteiger partial charge in [0.2, 0.25) is 5.91 Å². The largest absolute Gasteiger partial charge is 0.465 e. The number of likely N-dealkylation sites (tertiary alicyclic amines) is 1. The Morgan fingerprint density at radius 2 is 2.00 bits per heavy atom. The van der Waals surface area contributed by atoms with Gasteiger partial charge in [-0.05, 0) is 12.0 Å². The van der Waals surface area contributed by atoms with E-state index in [1.54, 1.807) is 30.3 Å². The van der Waals surface area contributed by atoms with Crippen LogP contribution in [0, 0.1) is 0 Å². The van der Waals surface area contributed by atoms with Crippen molar-refractivity contribution in [2.24, 2.45) is 0 Å². The lowest BCUT2D eigenvalue weighted by Gasteiger charge is -2.23. The first kappa shape index (κ1) is 13.4. The number of carbonyl (C=O) groups is 2. The van der Waals surface area contributed by atoms with Crippen molar-refractivity contribution in [3.63, 3.8) is 0 Å². The van der Waals surface area contributed by atoms with Gasteiger partial charge in [0.05, 0.1) is 6.10 Å². The summed E-state index contributed by atoms with van der Waals surface area (Å²) in [5, 5.41) is 20.5. The minimum absolute atomic E-state index is 0.253. The van der Waals surface area contributed by atoms with E-state index in [1.807, 2.05) is 0 Å². The summed E-state index contributed by atoms with van der Waals surface area (Å²) in [7, 11) is 0. The number of aliphatic hydroxyl groups is 1. The van der Waals surface area contributed by atoms with Crippen LogP contribution in [0.25, 0.3) is 0 Å². The van der Waals surface area contributed by atoms with Gasteiger partial charge in [-0.1, -0.05) is 30.3 Å². The Kier molecular flexibility index (Phi) is 4.01. The van der Waals surface area contributed by atoms with E-state index in [0.29, 0.717) is 18.5 Å². The zero-order valence-electron chi connectivity index (χ0n) is 10.3. The summed E-state index contributed by atoms with van der Waals surface area (Å²) in [4.78, 5) is 24.6. The highest BCUT2D eigenvalue weighted by molar-refractivity contribution is 5.86. The molecule has 6 nitrogen and oxygen atoms in total. The molecule has 1 heterocycles. The molecule has 1 fully saturated rings. The molecule has 6 heteroatoms. The van der Waals surface area contributed by atoms with Gasteiger partial charge in [0.25, 0.3) is 0 Å². The summed E-state index contributed by atoms with van der Waals surface area (Å²) in [6.45, 7) is 0.702. The fourth-order valence-corrected chi connectivity index (χ4v) is 2.18. The zero-order chi connectivity index (χ0) is 13.8. The lowest BCUT2D eigenvalue weighted by molar-refractivity contribution is -0.132. The number of hydrogen-bond acceptors (Lipinski definition) is 3. The van der Waals surface area contributed by atoms with Crippen molar-refractivity contribution in [1.29, 1.82) is 0 Å². The maximum absolute atomic E-state index is 12.3. The molecule has 3 N–H and O–H groups in total. The number of hydrogen-bond donors (Lipinski definition) is 3. The molecule has 102 valence electrons. The predicted molar refractivity (Wildman–Crippen MR) is 67.5 cm³/mol. The molecule has 2 rings (SSSR count). The first-order valence-corrected chi connectivity index (χ1v) is 6.09. The summed E-state index contributed by atoms with van der Waals surface area (Å²) in [6, 6.07) is 7.76. The van der Waals surface area contributed by atoms with Crippen LogP contribution in [-0.2, 0) is 4.79 Å². The van der Waals surface area contributed by atoms with Crippen molar-refractivity contribution >= 4 is 12.0 Å². The first-order chi connectivity index (χ1) is 9.08. The van der Waals surface area contributed by atoms with E-state index < -0.39 is 18.2 Å². The van der Waals surface area contributed by atoms with Gasteiger partial charge >= 0.3 is 6.09 Å². The topological polar surface area (TPSA) is 89.9 Å². The number of rotatable bonds is 3. The summed E-state index contributed by atoms with van der Waals surface area (Å²) >= 11 is 0. The molecule has 2 atom stereocenters. The molecule has 0 spiro atoms. The van der Waals surface area contributed by atoms with Crippen LogP contribution >= 0.6 is 0 Å². The molecule has 1 saturated heterocycles. The fraction of sp³-hybridized carbons (Fsp3) is 0.385. The second kappa shape index (κ2) is 5.71. The molecule has 1 aromatic rings. The van der Waals surface area contributed by atoms with Crippen LogP contribution in [0.2, 0.25) is 0 Å². The summed E-state index contributed by atoms with van der Waals surface area (Å²) < 4.78 is 0. The molecule has 0 saturated carbocycles. The number of carbonyl (C=O) groups excluding carboxylic acids is 1. The first-order valence-electron chi connectivity index (χ1n) is 6.09. The second-order valence-electron chi connectivity index (χ2n) is 4.52. The maximum atomic E-state index is 12.3. The molecule has 2 amide bonds. The number of nitrogens with zero attached hydrogens (tertiary/aromatic N) is 1. The van der Waals surface area contributed by atoms with Gasteiger partial charge in [-0.25, -0.2) is 4.79 Å². The molecule has 0 aromatic heterocycles. The molecule has 0 aliphatic carbocycles. The highest BCUT2D eigenvalue weighted by Gasteiger charge is 2.31. The Labute approximate surface area is 110 Å². The SMILES string of the molecule is O=C(O)N[C@H](C(=O)N1CC[C@H](O)C1)c1ccccc1. The standard InChI is InChI=1S/C13H16N2O4/c16-10-6-7-15(8-10)12(17)11(14-13(18)19)9-4-2-1-3-5-9/h1-5,10-11,14,16H,6-8H2,(H,18,19)/t10-,11-/m0/s1. The third kappa shape index (κ3) is 3.23. The predicted octanol–water partition coefficient (Wildman–Crippen LogP) is 0.588. The number of β-amino-alcohol motifs (C(OH)–C–C–N with tert-alkyl or cyclic N) is 1. The lowest BCUT2D eigenvalue weighted by atomic mass is 10.1. The molecule has 1 aromatic carbocycles. The highest BCUT2D eigenvalue weighted by atomic mass is 16.4. The average molecular weight is 264 g/mol. The minimum Gasteiger partial charge on any atom is -0.465 e. The molecule has 0 bridgehead atoms. The molecule has 1 aliphatic heterocycles. The quantitative estimate of drug-likeness (QED) is 0.745. The minimum atomic E-state index is -1.25. The van der Waals surface area contributed by atoms with E-state index in [4.69, 9.17) is 5.11 Å². The van der Waals surface area contributed by atoms with Gasteiger partial charge < -0.3 is 20.4 Å². The van der Waals surface area contributed by atoms with Crippen LogP contribution in [-0.4, -0.2) is 46.3 Å². The average Bonchev–Trinajstić information content (AvgIpc) is 2.83. The Morgan fingerprint density at radius 1 is 1.32 bits per heavy atom. The molecule has 19 heavy (non-hydrogen) atoms. The van der Waals surface area contributed by atoms with E-state index in [9.17, 15) is 14.7 Å². The van der Waals surface area contributed by atoms with Crippen molar-refractivity contribution in [3.05, 3.63) is 35.9 Å². The van der Waals surface area contributed by atoms with Crippen molar-refractivity contribution in [2.45, 2.75) is 18.6 Å². The Balaban J connectivity index is 2.18. The van der Waals surface area contributed by atoms with Crippen molar-refractivity contribution in [3.8, 4) is 0 Å². The third-order valence-electron chi connectivity index (χ3n) is 3.12. The number of amides is 2. The maximum Gasteiger partial charge on any atom is 0.405 e. The zero-order valence-corrected chi connectivity index (χ0v) is 10.3. The van der Waals surface area contributed by atoms with E-state index >= 15 is 0 Å². The van der Waals surface area contributed by atoms with Gasteiger partial charge in [-0.3, -0.25) is 4.79 Å². The van der Waals surface area contributed by atoms with Gasteiger partial charge in [0.15, 0.2) is 0 Å². The molecule has 0 radical (unpaired) electrons. The third-order valence-corrected chi connectivity index (χ3v) is 3.12.